The molecular weight excluding hydrogens is 315 g/mol. The van der Waals surface area contributed by atoms with Crippen LogP contribution in [0.25, 0.3) is 0 Å². The number of halogens is 2. The zero-order chi connectivity index (χ0) is 14.6. The number of nitrogens with one attached hydrogen (secondary N) is 1. The van der Waals surface area contributed by atoms with E-state index in [9.17, 15) is 18.5 Å². The summed E-state index contributed by atoms with van der Waals surface area (Å²) in [6.45, 7) is 1.68. The summed E-state index contributed by atoms with van der Waals surface area (Å²) < 4.78 is 25.8. The molecule has 0 saturated heterocycles. The Balaban J connectivity index is 2.98. The Morgan fingerprint density at radius 2 is 2.11 bits per heavy atom. The maximum atomic E-state index is 11.8. The molecule has 0 spiro atoms. The van der Waals surface area contributed by atoms with Gasteiger partial charge in [0.15, 0.2) is 0 Å². The highest BCUT2D eigenvalue weighted by Gasteiger charge is 2.18. The Morgan fingerprint density at radius 1 is 1.47 bits per heavy atom. The minimum absolute atomic E-state index is 0.0161. The first-order valence-electron chi connectivity index (χ1n) is 5.25. The van der Waals surface area contributed by atoms with Crippen molar-refractivity contribution in [2.75, 3.05) is 16.4 Å². The van der Waals surface area contributed by atoms with E-state index in [1.165, 1.54) is 12.1 Å². The molecule has 0 fully saturated rings. The van der Waals surface area contributed by atoms with Crippen LogP contribution >= 0.6 is 23.2 Å². The average molecular weight is 327 g/mol. The molecule has 1 aromatic carbocycles. The molecule has 1 atom stereocenters. The van der Waals surface area contributed by atoms with Crippen LogP contribution in [0.15, 0.2) is 18.2 Å². The lowest BCUT2D eigenvalue weighted by Crippen LogP contribution is -2.22. The van der Waals surface area contributed by atoms with Gasteiger partial charge in [-0.25, -0.2) is 8.42 Å². The summed E-state index contributed by atoms with van der Waals surface area (Å²) in [5, 5.41) is 10.7. The predicted octanol–water partition coefficient (Wildman–Crippen LogP) is 2.86. The Hall–Kier alpha value is -1.05. The number of nitro groups is 1. The number of hydrogen-bond donors (Lipinski definition) is 1. The van der Waals surface area contributed by atoms with Gasteiger partial charge in [-0.15, -0.1) is 11.6 Å². The number of nitrogens with zero attached hydrogens (tertiary/aromatic N) is 1. The molecule has 0 heterocycles. The van der Waals surface area contributed by atoms with E-state index < -0.39 is 14.9 Å². The van der Waals surface area contributed by atoms with Crippen LogP contribution in [0.2, 0.25) is 5.02 Å². The molecule has 1 aromatic rings. The highest BCUT2D eigenvalue weighted by Crippen LogP contribution is 2.27. The number of sulfonamides is 1. The van der Waals surface area contributed by atoms with E-state index in [-0.39, 0.29) is 33.9 Å². The van der Waals surface area contributed by atoms with Crippen molar-refractivity contribution in [2.24, 2.45) is 5.92 Å². The summed E-state index contributed by atoms with van der Waals surface area (Å²) in [5.74, 6) is -0.226. The standard InChI is InChI=1S/C10H12Cl2N2O4S/c1-7(5-11)6-19(17,18)13-10-4-8(14(15)16)2-3-9(10)12/h2-4,7,13H,5-6H2,1H3. The monoisotopic (exact) mass is 326 g/mol. The topological polar surface area (TPSA) is 89.3 Å². The van der Waals surface area contributed by atoms with Gasteiger partial charge >= 0.3 is 0 Å². The molecule has 0 aromatic heterocycles. The second-order valence-corrected chi connectivity index (χ2v) is 6.55. The van der Waals surface area contributed by atoms with Gasteiger partial charge in [0.2, 0.25) is 10.0 Å². The Labute approximate surface area is 120 Å². The molecule has 0 bridgehead atoms. The van der Waals surface area contributed by atoms with Crippen molar-refractivity contribution in [3.8, 4) is 0 Å². The molecule has 6 nitrogen and oxygen atoms in total. The quantitative estimate of drug-likeness (QED) is 0.494. The fourth-order valence-corrected chi connectivity index (χ4v) is 3.25. The smallest absolute Gasteiger partial charge is 0.271 e. The molecule has 19 heavy (non-hydrogen) atoms. The minimum atomic E-state index is -3.65. The van der Waals surface area contributed by atoms with Gasteiger partial charge in [-0.3, -0.25) is 14.8 Å². The van der Waals surface area contributed by atoms with Crippen LogP contribution in [0.3, 0.4) is 0 Å². The third-order valence-electron chi connectivity index (χ3n) is 2.19. The van der Waals surface area contributed by atoms with Crippen molar-refractivity contribution < 1.29 is 13.3 Å². The SMILES string of the molecule is CC(CCl)CS(=O)(=O)Nc1cc([N+](=O)[O-])ccc1Cl. The number of anilines is 1. The van der Waals surface area contributed by atoms with Crippen LogP contribution in [0.5, 0.6) is 0 Å². The van der Waals surface area contributed by atoms with Crippen LogP contribution in [-0.4, -0.2) is 25.0 Å². The molecule has 0 amide bonds. The van der Waals surface area contributed by atoms with Crippen molar-refractivity contribution in [2.45, 2.75) is 6.92 Å². The lowest BCUT2D eigenvalue weighted by Gasteiger charge is -2.12. The van der Waals surface area contributed by atoms with E-state index in [1.54, 1.807) is 6.92 Å². The molecule has 1 unspecified atom stereocenters. The second-order valence-electron chi connectivity index (χ2n) is 4.06. The number of non-ortho nitro benzene ring substituents is 1. The van der Waals surface area contributed by atoms with Crippen LogP contribution < -0.4 is 4.72 Å². The van der Waals surface area contributed by atoms with Crippen LogP contribution in [0, 0.1) is 16.0 Å². The summed E-state index contributed by atoms with van der Waals surface area (Å²) in [6.07, 6.45) is 0. The van der Waals surface area contributed by atoms with Gasteiger partial charge in [-0.1, -0.05) is 18.5 Å². The number of alkyl halides is 1. The summed E-state index contributed by atoms with van der Waals surface area (Å²) in [6, 6.07) is 3.54. The van der Waals surface area contributed by atoms with E-state index in [1.807, 2.05) is 0 Å². The van der Waals surface area contributed by atoms with E-state index in [2.05, 4.69) is 4.72 Å². The van der Waals surface area contributed by atoms with Gasteiger partial charge < -0.3 is 0 Å². The third-order valence-corrected chi connectivity index (χ3v) is 4.59. The lowest BCUT2D eigenvalue weighted by molar-refractivity contribution is -0.384. The van der Waals surface area contributed by atoms with Gasteiger partial charge in [0.05, 0.1) is 21.4 Å². The lowest BCUT2D eigenvalue weighted by atomic mass is 10.3. The fraction of sp³-hybridized carbons (Fsp3) is 0.400. The largest absolute Gasteiger partial charge is 0.282 e. The molecular formula is C10H12Cl2N2O4S. The van der Waals surface area contributed by atoms with Crippen molar-refractivity contribution in [3.63, 3.8) is 0 Å². The first-order valence-corrected chi connectivity index (χ1v) is 7.82. The molecule has 106 valence electrons. The fourth-order valence-electron chi connectivity index (χ4n) is 1.33. The van der Waals surface area contributed by atoms with E-state index >= 15 is 0 Å². The van der Waals surface area contributed by atoms with E-state index in [0.29, 0.717) is 0 Å². The van der Waals surface area contributed by atoms with Gasteiger partial charge in [-0.05, 0) is 12.0 Å². The van der Waals surface area contributed by atoms with E-state index in [0.717, 1.165) is 6.07 Å². The highest BCUT2D eigenvalue weighted by atomic mass is 35.5. The van der Waals surface area contributed by atoms with Crippen molar-refractivity contribution >= 4 is 44.6 Å². The summed E-state index contributed by atoms with van der Waals surface area (Å²) in [5.41, 5.74) is -0.259. The molecule has 0 radical (unpaired) electrons. The molecule has 0 aliphatic heterocycles. The number of rotatable bonds is 6. The van der Waals surface area contributed by atoms with Gasteiger partial charge in [-0.2, -0.15) is 0 Å². The Bertz CT molecular complexity index is 577. The Morgan fingerprint density at radius 3 is 2.63 bits per heavy atom. The highest BCUT2D eigenvalue weighted by molar-refractivity contribution is 7.92. The molecule has 0 aliphatic carbocycles. The first kappa shape index (κ1) is 16.0. The second kappa shape index (κ2) is 6.40. The maximum absolute atomic E-state index is 11.8. The predicted molar refractivity (Wildman–Crippen MR) is 75.4 cm³/mol. The molecule has 0 saturated carbocycles. The maximum Gasteiger partial charge on any atom is 0.271 e. The molecule has 1 N–H and O–H groups in total. The molecule has 0 aliphatic rings. The minimum Gasteiger partial charge on any atom is -0.282 e. The third kappa shape index (κ3) is 4.85. The number of nitro benzene ring substituents is 1. The Kier molecular flexibility index (Phi) is 5.39. The zero-order valence-electron chi connectivity index (χ0n) is 9.97. The van der Waals surface area contributed by atoms with Crippen molar-refractivity contribution in [1.29, 1.82) is 0 Å². The van der Waals surface area contributed by atoms with Crippen molar-refractivity contribution in [1.82, 2.24) is 0 Å². The normalized spacial score (nSPS) is 13.0. The summed E-state index contributed by atoms with van der Waals surface area (Å²) >= 11 is 11.4. The zero-order valence-corrected chi connectivity index (χ0v) is 12.3. The summed E-state index contributed by atoms with van der Waals surface area (Å²) in [4.78, 5) is 9.99. The molecule has 1 rings (SSSR count). The van der Waals surface area contributed by atoms with Crippen LogP contribution in [-0.2, 0) is 10.0 Å². The van der Waals surface area contributed by atoms with Crippen LogP contribution in [0.4, 0.5) is 11.4 Å². The van der Waals surface area contributed by atoms with Gasteiger partial charge in [0, 0.05) is 18.0 Å². The van der Waals surface area contributed by atoms with Crippen LogP contribution in [0.1, 0.15) is 6.92 Å². The average Bonchev–Trinajstić information content (AvgIpc) is 2.30. The van der Waals surface area contributed by atoms with Gasteiger partial charge in [0.1, 0.15) is 0 Å². The van der Waals surface area contributed by atoms with E-state index in [4.69, 9.17) is 23.2 Å². The van der Waals surface area contributed by atoms with Crippen molar-refractivity contribution in [3.05, 3.63) is 33.3 Å². The first-order chi connectivity index (χ1) is 8.75. The number of benzene rings is 1. The molecule has 9 heteroatoms. The number of hydrogen-bond acceptors (Lipinski definition) is 4. The van der Waals surface area contributed by atoms with Gasteiger partial charge in [0.25, 0.3) is 5.69 Å². The summed E-state index contributed by atoms with van der Waals surface area (Å²) in [7, 11) is -3.65.